The molecule has 158 valence electrons. The number of hydrogen-bond donors (Lipinski definition) is 3. The molecule has 0 spiro atoms. The monoisotopic (exact) mass is 419 g/mol. The molecule has 1 aliphatic carbocycles. The van der Waals surface area contributed by atoms with Gasteiger partial charge in [-0.1, -0.05) is 6.07 Å². The van der Waals surface area contributed by atoms with Crippen molar-refractivity contribution in [1.29, 1.82) is 0 Å². The van der Waals surface area contributed by atoms with Crippen molar-refractivity contribution in [1.82, 2.24) is 19.7 Å². The normalized spacial score (nSPS) is 19.6. The van der Waals surface area contributed by atoms with Gasteiger partial charge in [-0.05, 0) is 43.9 Å². The van der Waals surface area contributed by atoms with Crippen molar-refractivity contribution in [3.63, 3.8) is 0 Å². The van der Waals surface area contributed by atoms with E-state index in [1.165, 1.54) is 28.8 Å². The Balaban J connectivity index is 1.37. The first-order chi connectivity index (χ1) is 14.3. The van der Waals surface area contributed by atoms with E-state index < -0.39 is 11.9 Å². The van der Waals surface area contributed by atoms with Gasteiger partial charge in [0.1, 0.15) is 11.5 Å². The number of imidazole rings is 1. The number of carbonyl (C=O) groups excluding carboxylic acids is 1. The molecule has 1 aliphatic rings. The summed E-state index contributed by atoms with van der Waals surface area (Å²) in [5.41, 5.74) is -0.353. The lowest BCUT2D eigenvalue weighted by atomic mass is 9.91. The lowest BCUT2D eigenvalue weighted by Gasteiger charge is -2.30. The van der Waals surface area contributed by atoms with Crippen LogP contribution in [0.3, 0.4) is 0 Å². The fourth-order valence-corrected chi connectivity index (χ4v) is 3.68. The standard InChI is InChI=1S/C20H20F3N5O2/c21-20(22,23)15-11-28-16(2-1-3-17(28)27-15)25-13-4-6-14(7-5-13)26-19(30)12-8-9-24-18(29)10-12/h1-3,8-11,13-14,25H,4-7H2,(H,24,29)(H,26,30)/t13-,14+. The van der Waals surface area contributed by atoms with E-state index in [0.29, 0.717) is 11.4 Å². The number of aromatic nitrogens is 3. The zero-order valence-electron chi connectivity index (χ0n) is 15.9. The van der Waals surface area contributed by atoms with Crippen LogP contribution in [-0.2, 0) is 6.18 Å². The first-order valence-corrected chi connectivity index (χ1v) is 9.57. The molecule has 1 amide bonds. The Morgan fingerprint density at radius 3 is 2.57 bits per heavy atom. The predicted molar refractivity (Wildman–Crippen MR) is 103 cm³/mol. The van der Waals surface area contributed by atoms with Crippen molar-refractivity contribution in [2.24, 2.45) is 0 Å². The molecule has 0 saturated heterocycles. The summed E-state index contributed by atoms with van der Waals surface area (Å²) in [6.45, 7) is 0. The van der Waals surface area contributed by atoms with Crippen molar-refractivity contribution in [2.45, 2.75) is 43.9 Å². The number of anilines is 1. The van der Waals surface area contributed by atoms with E-state index >= 15 is 0 Å². The number of rotatable bonds is 4. The van der Waals surface area contributed by atoms with Gasteiger partial charge in [0.2, 0.25) is 5.88 Å². The second-order valence-corrected chi connectivity index (χ2v) is 7.33. The highest BCUT2D eigenvalue weighted by molar-refractivity contribution is 5.94. The molecule has 0 atom stereocenters. The van der Waals surface area contributed by atoms with Gasteiger partial charge in [0.25, 0.3) is 5.91 Å². The lowest BCUT2D eigenvalue weighted by Crippen LogP contribution is -2.40. The topological polar surface area (TPSA) is 91.6 Å². The highest BCUT2D eigenvalue weighted by atomic mass is 19.4. The van der Waals surface area contributed by atoms with E-state index in [-0.39, 0.29) is 29.5 Å². The Morgan fingerprint density at radius 1 is 1.13 bits per heavy atom. The molecule has 3 aromatic heterocycles. The van der Waals surface area contributed by atoms with E-state index in [1.54, 1.807) is 12.1 Å². The zero-order chi connectivity index (χ0) is 21.3. The molecule has 3 aromatic rings. The van der Waals surface area contributed by atoms with E-state index in [0.717, 1.165) is 31.9 Å². The van der Waals surface area contributed by atoms with Gasteiger partial charge in [-0.15, -0.1) is 0 Å². The molecule has 0 radical (unpaired) electrons. The van der Waals surface area contributed by atoms with Gasteiger partial charge >= 0.3 is 6.18 Å². The molecule has 0 bridgehead atoms. The molecular formula is C20H20F3N5O2. The van der Waals surface area contributed by atoms with Crippen molar-refractivity contribution >= 4 is 17.4 Å². The Bertz CT molecular complexity index is 1060. The van der Waals surface area contributed by atoms with Gasteiger partial charge in [0.05, 0.1) is 0 Å². The number of amides is 1. The number of fused-ring (bicyclic) bond motifs is 1. The summed E-state index contributed by atoms with van der Waals surface area (Å²) < 4.78 is 40.3. The number of carbonyl (C=O) groups is 1. The van der Waals surface area contributed by atoms with Gasteiger partial charge in [-0.25, -0.2) is 9.97 Å². The van der Waals surface area contributed by atoms with Gasteiger partial charge in [0.15, 0.2) is 5.69 Å². The van der Waals surface area contributed by atoms with Gasteiger partial charge in [-0.3, -0.25) is 9.20 Å². The minimum Gasteiger partial charge on any atom is -0.493 e. The average Bonchev–Trinajstić information content (AvgIpc) is 3.15. The summed E-state index contributed by atoms with van der Waals surface area (Å²) in [5.74, 6) is 0.0696. The maximum Gasteiger partial charge on any atom is 0.434 e. The minimum atomic E-state index is -4.49. The number of aromatic hydroxyl groups is 1. The van der Waals surface area contributed by atoms with Crippen molar-refractivity contribution < 1.29 is 23.1 Å². The third kappa shape index (κ3) is 4.32. The quantitative estimate of drug-likeness (QED) is 0.601. The van der Waals surface area contributed by atoms with E-state index in [1.807, 2.05) is 0 Å². The molecule has 4 rings (SSSR count). The fraction of sp³-hybridized carbons (Fsp3) is 0.350. The Morgan fingerprint density at radius 2 is 1.87 bits per heavy atom. The molecule has 7 nitrogen and oxygen atoms in total. The minimum absolute atomic E-state index is 0.00766. The van der Waals surface area contributed by atoms with Gasteiger partial charge in [0, 0.05) is 36.1 Å². The number of pyridine rings is 2. The van der Waals surface area contributed by atoms with Crippen LogP contribution in [0.2, 0.25) is 0 Å². The van der Waals surface area contributed by atoms with Crippen molar-refractivity contribution in [3.05, 3.63) is 54.0 Å². The molecular weight excluding hydrogens is 399 g/mol. The zero-order valence-corrected chi connectivity index (χ0v) is 15.9. The van der Waals surface area contributed by atoms with E-state index in [2.05, 4.69) is 20.6 Å². The third-order valence-electron chi connectivity index (χ3n) is 5.20. The van der Waals surface area contributed by atoms with Crippen LogP contribution in [0.25, 0.3) is 5.65 Å². The Labute approximate surface area is 170 Å². The molecule has 0 aromatic carbocycles. The van der Waals surface area contributed by atoms with Crippen LogP contribution >= 0.6 is 0 Å². The second-order valence-electron chi connectivity index (χ2n) is 7.33. The second kappa shape index (κ2) is 7.85. The molecule has 3 heterocycles. The van der Waals surface area contributed by atoms with Crippen LogP contribution in [0.5, 0.6) is 5.88 Å². The summed E-state index contributed by atoms with van der Waals surface area (Å²) in [4.78, 5) is 19.6. The van der Waals surface area contributed by atoms with Crippen molar-refractivity contribution in [3.8, 4) is 5.88 Å². The summed E-state index contributed by atoms with van der Waals surface area (Å²) in [6.07, 6.45) is 0.834. The molecule has 0 unspecified atom stereocenters. The molecule has 30 heavy (non-hydrogen) atoms. The maximum absolute atomic E-state index is 13.0. The van der Waals surface area contributed by atoms with Crippen LogP contribution in [0.1, 0.15) is 41.7 Å². The van der Waals surface area contributed by atoms with E-state index in [9.17, 15) is 23.1 Å². The molecule has 0 aliphatic heterocycles. The largest absolute Gasteiger partial charge is 0.493 e. The van der Waals surface area contributed by atoms with Gasteiger partial charge < -0.3 is 15.7 Å². The fourth-order valence-electron chi connectivity index (χ4n) is 3.68. The predicted octanol–water partition coefficient (Wildman–Crippen LogP) is 3.61. The number of nitrogens with one attached hydrogen (secondary N) is 2. The van der Waals surface area contributed by atoms with Gasteiger partial charge in [-0.2, -0.15) is 13.2 Å². The number of alkyl halides is 3. The molecule has 10 heteroatoms. The van der Waals surface area contributed by atoms with Crippen LogP contribution < -0.4 is 10.6 Å². The van der Waals surface area contributed by atoms with Crippen LogP contribution in [-0.4, -0.2) is 37.5 Å². The highest BCUT2D eigenvalue weighted by Gasteiger charge is 2.34. The summed E-state index contributed by atoms with van der Waals surface area (Å²) in [6, 6.07) is 7.83. The number of hydrogen-bond acceptors (Lipinski definition) is 5. The summed E-state index contributed by atoms with van der Waals surface area (Å²) in [7, 11) is 0. The Kier molecular flexibility index (Phi) is 5.23. The third-order valence-corrected chi connectivity index (χ3v) is 5.20. The maximum atomic E-state index is 13.0. The van der Waals surface area contributed by atoms with Crippen LogP contribution in [0.4, 0.5) is 19.0 Å². The average molecular weight is 419 g/mol. The molecule has 1 fully saturated rings. The number of nitrogens with zero attached hydrogens (tertiary/aromatic N) is 3. The van der Waals surface area contributed by atoms with Crippen molar-refractivity contribution in [2.75, 3.05) is 5.32 Å². The van der Waals surface area contributed by atoms with Crippen LogP contribution in [0, 0.1) is 0 Å². The molecule has 1 saturated carbocycles. The van der Waals surface area contributed by atoms with E-state index in [4.69, 9.17) is 0 Å². The summed E-state index contributed by atoms with van der Waals surface area (Å²) >= 11 is 0. The Hall–Kier alpha value is -3.30. The lowest BCUT2D eigenvalue weighted by molar-refractivity contribution is -0.140. The SMILES string of the molecule is O=C(N[C@H]1CC[C@@H](Nc2cccc3nc(C(F)(F)F)cn23)CC1)c1ccnc(O)c1. The first-order valence-electron chi connectivity index (χ1n) is 9.57. The first kappa shape index (κ1) is 20.0. The smallest absolute Gasteiger partial charge is 0.434 e. The highest BCUT2D eigenvalue weighted by Crippen LogP contribution is 2.30. The number of halogens is 3. The summed E-state index contributed by atoms with van der Waals surface area (Å²) in [5, 5.41) is 15.6. The molecule has 3 N–H and O–H groups in total. The van der Waals surface area contributed by atoms with Crippen LogP contribution in [0.15, 0.2) is 42.7 Å².